The van der Waals surface area contributed by atoms with Gasteiger partial charge in [-0.3, -0.25) is 4.79 Å². The van der Waals surface area contributed by atoms with Gasteiger partial charge in [0.2, 0.25) is 0 Å². The predicted octanol–water partition coefficient (Wildman–Crippen LogP) is 17.7. The molecule has 0 saturated carbocycles. The monoisotopic (exact) mass is 1200 g/mol. The number of alkyl halides is 9. The Kier molecular flexibility index (Phi) is 12.7. The number of fused-ring (bicyclic) bond motifs is 8. The molecule has 1 aliphatic heterocycles. The average molecular weight is 1200 g/mol. The minimum Gasteiger partial charge on any atom is -0.484 e. The molecule has 0 fully saturated rings. The van der Waals surface area contributed by atoms with Crippen LogP contribution < -0.4 is 8.27 Å². The lowest BCUT2D eigenvalue weighted by atomic mass is 9.82. The summed E-state index contributed by atoms with van der Waals surface area (Å²) in [5.41, 5.74) is 8.39. The second kappa shape index (κ2) is 19.1. The van der Waals surface area contributed by atoms with E-state index in [9.17, 15) is 44.3 Å². The summed E-state index contributed by atoms with van der Waals surface area (Å²) < 4.78 is 175. The molecule has 0 unspecified atom stereocenters. The number of carbonyl (C=O) groups excluding carboxylic acids is 1. The molecule has 9 aromatic rings. The number of esters is 1. The fraction of sp³-hybridized carbons (Fsp3) is 0.226. The van der Waals surface area contributed by atoms with E-state index < -0.39 is 75.0 Å². The molecule has 3 aliphatic rings. The third-order valence-electron chi connectivity index (χ3n) is 16.1. The van der Waals surface area contributed by atoms with Gasteiger partial charge in [0, 0.05) is 53.3 Å². The van der Waals surface area contributed by atoms with Crippen molar-refractivity contribution in [1.82, 2.24) is 8.01 Å². The fourth-order valence-electron chi connectivity index (χ4n) is 12.8. The van der Waals surface area contributed by atoms with E-state index in [1.807, 2.05) is 57.2 Å². The van der Waals surface area contributed by atoms with Crippen molar-refractivity contribution < 1.29 is 57.7 Å². The molecule has 0 spiro atoms. The highest BCUT2D eigenvalue weighted by molar-refractivity contribution is 14.2. The van der Waals surface area contributed by atoms with Gasteiger partial charge in [0.15, 0.2) is 0 Å². The lowest BCUT2D eigenvalue weighted by molar-refractivity contribution is -0.140. The SMILES string of the molecule is CC1=C2CCc3ccccc3C2=IN/C1=C(/c1c(C)cc(OC(=O)CCCc2ccc3c4ccc(C(F)(F)F)c5c(C(F)(F)F)ccc(c6ccc(C(F)(F)F)c2c36)c54)cc1C)c1c(C)c2c(n1[B-](F)F)-c1ccccc1CC2. The van der Waals surface area contributed by atoms with Crippen LogP contribution in [-0.4, -0.2) is 21.4 Å². The van der Waals surface area contributed by atoms with E-state index in [0.717, 1.165) is 70.6 Å². The summed E-state index contributed by atoms with van der Waals surface area (Å²) in [4.78, 5) is 13.8. The molecule has 1 N–H and O–H groups in total. The molecule has 79 heavy (non-hydrogen) atoms. The van der Waals surface area contributed by atoms with Crippen molar-refractivity contribution in [3.8, 4) is 17.0 Å². The molecule has 17 heteroatoms. The number of halogens is 12. The Balaban J connectivity index is 0.902. The van der Waals surface area contributed by atoms with Gasteiger partial charge in [-0.05, 0) is 201 Å². The van der Waals surface area contributed by atoms with Gasteiger partial charge < -0.3 is 21.4 Å². The van der Waals surface area contributed by atoms with E-state index in [1.54, 1.807) is 12.1 Å². The molecule has 1 aromatic heterocycles. The van der Waals surface area contributed by atoms with Crippen LogP contribution in [0.2, 0.25) is 0 Å². The number of rotatable bonds is 8. The van der Waals surface area contributed by atoms with Gasteiger partial charge in [0.05, 0.1) is 22.4 Å². The molecule has 12 rings (SSSR count). The highest BCUT2D eigenvalue weighted by atomic mass is 127. The van der Waals surface area contributed by atoms with Crippen molar-refractivity contribution >= 4 is 86.5 Å². The maximum Gasteiger partial charge on any atom is 0.417 e. The summed E-state index contributed by atoms with van der Waals surface area (Å²) in [5, 5.41) is -1.80. The third-order valence-corrected chi connectivity index (χ3v) is 18.7. The highest BCUT2D eigenvalue weighted by Gasteiger charge is 2.41. The van der Waals surface area contributed by atoms with Crippen molar-refractivity contribution in [1.29, 1.82) is 0 Å². The van der Waals surface area contributed by atoms with Gasteiger partial charge >= 0.3 is 31.9 Å². The standard InChI is InChI=1S/C62H45BF11IN2O2/c1-30-28-37(79-49(78)15-9-12-36-18-21-42-44-23-26-47(61(67,68)69)54-48(62(70,71)72)27-24-45(53(44)54)43-22-25-46(60(64,65)66)51(36)52(42)43)29-31(2)50(30)55(57-32(3)38-19-16-34-10-5-7-13-40(34)56(38)75-76-57)58-33(4)39-20-17-35-11-6-8-14-41(35)59(39)77(58)63(73)74/h5-8,10-11,13-14,18,21-29,76H,9,12,15-17,19-20H2,1-4H3/q-1/b57-55-. The molecule has 8 aromatic carbocycles. The maximum atomic E-state index is 16.0. The average Bonchev–Trinajstić information content (AvgIpc) is 3.95. The van der Waals surface area contributed by atoms with Crippen molar-refractivity contribution in [3.63, 3.8) is 0 Å². The zero-order valence-electron chi connectivity index (χ0n) is 42.7. The number of aryl methyl sites for hydroxylation is 5. The van der Waals surface area contributed by atoms with Gasteiger partial charge in [0.25, 0.3) is 0 Å². The van der Waals surface area contributed by atoms with Crippen LogP contribution in [0, 0.1) is 20.8 Å². The van der Waals surface area contributed by atoms with E-state index in [1.165, 1.54) is 36.8 Å². The van der Waals surface area contributed by atoms with Gasteiger partial charge in [-0.15, -0.1) is 0 Å². The first-order valence-electron chi connectivity index (χ1n) is 25.7. The number of aromatic nitrogens is 1. The van der Waals surface area contributed by atoms with Crippen LogP contribution in [0.1, 0.15) is 98.6 Å². The van der Waals surface area contributed by atoms with Gasteiger partial charge in [-0.25, -0.2) is 0 Å². The van der Waals surface area contributed by atoms with Crippen LogP contribution in [0.25, 0.3) is 59.9 Å². The quantitative estimate of drug-likeness (QED) is 0.0241. The normalized spacial score (nSPS) is 15.5. The summed E-state index contributed by atoms with van der Waals surface area (Å²) in [7, 11) is -2.90. The third kappa shape index (κ3) is 8.62. The summed E-state index contributed by atoms with van der Waals surface area (Å²) in [5.74, 6) is -0.517. The molecular weight excluding hydrogens is 1150 g/mol. The van der Waals surface area contributed by atoms with Crippen LogP contribution in [0.4, 0.5) is 48.1 Å². The van der Waals surface area contributed by atoms with Crippen molar-refractivity contribution in [3.05, 3.63) is 198 Å². The molecule has 2 aliphatic carbocycles. The number of carbonyl (C=O) groups is 1. The second-order valence-corrected chi connectivity index (χ2v) is 22.8. The molecular formula is C62H45BF11IN2O2-. The Morgan fingerprint density at radius 3 is 1.73 bits per heavy atom. The first-order chi connectivity index (χ1) is 37.5. The summed E-state index contributed by atoms with van der Waals surface area (Å²) in [6.07, 6.45) is -12.7. The van der Waals surface area contributed by atoms with Crippen molar-refractivity contribution in [2.75, 3.05) is 0 Å². The van der Waals surface area contributed by atoms with E-state index in [-0.39, 0.29) is 68.3 Å². The number of nitrogens with zero attached hydrogens (tertiary/aromatic N) is 1. The fourth-order valence-corrected chi connectivity index (χ4v) is 15.8. The Hall–Kier alpha value is -7.02. The maximum absolute atomic E-state index is 16.0. The minimum absolute atomic E-state index is 0.00101. The second-order valence-electron chi connectivity index (χ2n) is 20.6. The molecule has 1 radical (unpaired) electrons. The predicted molar refractivity (Wildman–Crippen MR) is 297 cm³/mol. The number of nitrogens with one attached hydrogen (secondary N) is 1. The van der Waals surface area contributed by atoms with Crippen LogP contribution in [0.3, 0.4) is 0 Å². The van der Waals surface area contributed by atoms with Gasteiger partial charge in [-0.2, -0.15) is 39.5 Å². The van der Waals surface area contributed by atoms with Crippen molar-refractivity contribution in [2.24, 2.45) is 0 Å². The molecule has 0 bridgehead atoms. The number of allylic oxidation sites excluding steroid dienone is 2. The highest BCUT2D eigenvalue weighted by Crippen LogP contribution is 2.52. The molecule has 0 saturated heterocycles. The van der Waals surface area contributed by atoms with E-state index in [4.69, 9.17) is 4.74 Å². The largest absolute Gasteiger partial charge is 0.484 e. The molecule has 4 nitrogen and oxygen atoms in total. The molecule has 0 atom stereocenters. The lowest BCUT2D eigenvalue weighted by Gasteiger charge is -2.32. The first kappa shape index (κ1) is 52.7. The van der Waals surface area contributed by atoms with Crippen LogP contribution in [0.5, 0.6) is 5.75 Å². The zero-order chi connectivity index (χ0) is 55.8. The smallest absolute Gasteiger partial charge is 0.417 e. The van der Waals surface area contributed by atoms with Gasteiger partial charge in [-0.1, -0.05) is 78.9 Å². The molecule has 403 valence electrons. The molecule has 2 heterocycles. The Labute approximate surface area is 456 Å². The van der Waals surface area contributed by atoms with Crippen LogP contribution >= 0.6 is 21.0 Å². The zero-order valence-corrected chi connectivity index (χ0v) is 44.9. The number of ether oxygens (including phenoxy) is 1. The summed E-state index contributed by atoms with van der Waals surface area (Å²) in [6.45, 7) is 7.65. The number of hydrogen-bond donors (Lipinski definition) is 1. The molecule has 0 amide bonds. The Morgan fingerprint density at radius 1 is 0.633 bits per heavy atom. The van der Waals surface area contributed by atoms with Crippen LogP contribution in [0.15, 0.2) is 126 Å². The van der Waals surface area contributed by atoms with Crippen molar-refractivity contribution in [2.45, 2.75) is 91.2 Å². The van der Waals surface area contributed by atoms with Gasteiger partial charge in [0.1, 0.15) is 5.75 Å². The number of benzene rings is 8. The Morgan fingerprint density at radius 2 is 1.15 bits per heavy atom. The first-order valence-corrected chi connectivity index (χ1v) is 27.8. The topological polar surface area (TPSA) is 43.3 Å². The summed E-state index contributed by atoms with van der Waals surface area (Å²) in [6, 6.07) is 27.1. The van der Waals surface area contributed by atoms with E-state index in [0.29, 0.717) is 58.6 Å². The van der Waals surface area contributed by atoms with Crippen LogP contribution in [-0.2, 0) is 49.0 Å². The number of hydrogen-bond acceptors (Lipinski definition) is 3. The summed E-state index contributed by atoms with van der Waals surface area (Å²) >= 11 is -0.843. The van der Waals surface area contributed by atoms with E-state index >= 15 is 8.63 Å². The minimum atomic E-state index is -5.18. The lowest BCUT2D eigenvalue weighted by Crippen LogP contribution is -2.25. The van der Waals surface area contributed by atoms with E-state index in [2.05, 4.69) is 22.6 Å². The Bertz CT molecular complexity index is 4090.